The average Bonchev–Trinajstić information content (AvgIpc) is 3.13. The summed E-state index contributed by atoms with van der Waals surface area (Å²) in [6, 6.07) is 8.20. The van der Waals surface area contributed by atoms with Crippen molar-refractivity contribution in [3.05, 3.63) is 29.8 Å². The molecule has 3 nitrogen and oxygen atoms in total. The van der Waals surface area contributed by atoms with Crippen molar-refractivity contribution in [1.29, 1.82) is 0 Å². The van der Waals surface area contributed by atoms with Gasteiger partial charge in [-0.05, 0) is 50.8 Å². The molecular weight excluding hydrogens is 212 g/mol. The van der Waals surface area contributed by atoms with Gasteiger partial charge >= 0.3 is 0 Å². The first-order valence-corrected chi connectivity index (χ1v) is 6.35. The Morgan fingerprint density at radius 1 is 1.47 bits per heavy atom. The van der Waals surface area contributed by atoms with Crippen LogP contribution in [0.25, 0.3) is 0 Å². The molecule has 0 heterocycles. The molecule has 1 atom stereocenters. The summed E-state index contributed by atoms with van der Waals surface area (Å²) in [5, 5.41) is 6.27. The highest BCUT2D eigenvalue weighted by Crippen LogP contribution is 2.33. The summed E-state index contributed by atoms with van der Waals surface area (Å²) in [6.07, 6.45) is 2.65. The first-order chi connectivity index (χ1) is 8.20. The molecule has 1 aromatic rings. The molecule has 1 amide bonds. The number of hydrogen-bond donors (Lipinski definition) is 2. The number of carbonyl (C=O) groups is 1. The number of carbonyl (C=O) groups excluding carboxylic acids is 1. The molecule has 1 fully saturated rings. The van der Waals surface area contributed by atoms with Crippen LogP contribution in [0.2, 0.25) is 0 Å². The zero-order valence-electron chi connectivity index (χ0n) is 10.5. The van der Waals surface area contributed by atoms with Crippen LogP contribution in [0.1, 0.15) is 37.0 Å². The van der Waals surface area contributed by atoms with Gasteiger partial charge in [0, 0.05) is 23.8 Å². The van der Waals surface area contributed by atoms with Crippen molar-refractivity contribution in [3.63, 3.8) is 0 Å². The maximum Gasteiger partial charge on any atom is 0.251 e. The van der Waals surface area contributed by atoms with Crippen LogP contribution in [0.4, 0.5) is 5.69 Å². The first-order valence-electron chi connectivity index (χ1n) is 6.35. The highest BCUT2D eigenvalue weighted by Gasteiger charge is 2.27. The lowest BCUT2D eigenvalue weighted by molar-refractivity contribution is 0.0956. The Balaban J connectivity index is 2.02. The van der Waals surface area contributed by atoms with E-state index in [-0.39, 0.29) is 5.91 Å². The van der Waals surface area contributed by atoms with Crippen molar-refractivity contribution in [3.8, 4) is 0 Å². The van der Waals surface area contributed by atoms with Gasteiger partial charge in [0.05, 0.1) is 0 Å². The Bertz CT molecular complexity index is 399. The second-order valence-electron chi connectivity index (χ2n) is 4.71. The lowest BCUT2D eigenvalue weighted by Gasteiger charge is -2.15. The summed E-state index contributed by atoms with van der Waals surface area (Å²) in [7, 11) is 0. The maximum absolute atomic E-state index is 11.7. The van der Waals surface area contributed by atoms with Crippen molar-refractivity contribution < 1.29 is 4.79 Å². The molecule has 1 aliphatic carbocycles. The second-order valence-corrected chi connectivity index (χ2v) is 4.71. The molecule has 0 bridgehead atoms. The molecule has 1 aromatic carbocycles. The first kappa shape index (κ1) is 12.0. The largest absolute Gasteiger partial charge is 0.382 e. The average molecular weight is 232 g/mol. The number of hydrogen-bond acceptors (Lipinski definition) is 2. The topological polar surface area (TPSA) is 41.1 Å². The Labute approximate surface area is 103 Å². The third-order valence-corrected chi connectivity index (χ3v) is 3.19. The van der Waals surface area contributed by atoms with Crippen LogP contribution in [-0.4, -0.2) is 18.5 Å². The minimum absolute atomic E-state index is 0.00442. The normalized spacial score (nSPS) is 16.4. The molecule has 92 valence electrons. The van der Waals surface area contributed by atoms with Gasteiger partial charge in [-0.15, -0.1) is 0 Å². The van der Waals surface area contributed by atoms with E-state index in [0.29, 0.717) is 12.6 Å². The van der Waals surface area contributed by atoms with Gasteiger partial charge in [0.1, 0.15) is 0 Å². The minimum atomic E-state index is -0.00442. The van der Waals surface area contributed by atoms with Gasteiger partial charge in [-0.25, -0.2) is 0 Å². The van der Waals surface area contributed by atoms with E-state index < -0.39 is 0 Å². The fourth-order valence-electron chi connectivity index (χ4n) is 1.99. The third kappa shape index (κ3) is 3.22. The summed E-state index contributed by atoms with van der Waals surface area (Å²) < 4.78 is 0. The van der Waals surface area contributed by atoms with Crippen molar-refractivity contribution >= 4 is 11.6 Å². The molecule has 0 aromatic heterocycles. The molecule has 17 heavy (non-hydrogen) atoms. The standard InChI is InChI=1S/C14H20N2O/c1-3-15-14(17)12-5-4-6-13(9-12)16-10(2)11-7-8-11/h4-6,9-11,16H,3,7-8H2,1-2H3,(H,15,17). The fourth-order valence-corrected chi connectivity index (χ4v) is 1.99. The zero-order chi connectivity index (χ0) is 12.3. The molecule has 0 radical (unpaired) electrons. The number of benzene rings is 1. The summed E-state index contributed by atoms with van der Waals surface area (Å²) in [6.45, 7) is 4.79. The molecule has 3 heteroatoms. The molecule has 2 rings (SSSR count). The Kier molecular flexibility index (Phi) is 3.67. The summed E-state index contributed by atoms with van der Waals surface area (Å²) in [5.74, 6) is 0.804. The molecule has 2 N–H and O–H groups in total. The van der Waals surface area contributed by atoms with Crippen LogP contribution < -0.4 is 10.6 Å². The van der Waals surface area contributed by atoms with E-state index in [1.807, 2.05) is 31.2 Å². The van der Waals surface area contributed by atoms with Crippen LogP contribution in [0.5, 0.6) is 0 Å². The Hall–Kier alpha value is -1.51. The van der Waals surface area contributed by atoms with Gasteiger partial charge < -0.3 is 10.6 Å². The molecule has 1 saturated carbocycles. The lowest BCUT2D eigenvalue weighted by Crippen LogP contribution is -2.23. The fraction of sp³-hybridized carbons (Fsp3) is 0.500. The van der Waals surface area contributed by atoms with E-state index in [4.69, 9.17) is 0 Å². The summed E-state index contributed by atoms with van der Waals surface area (Å²) in [5.41, 5.74) is 1.76. The molecule has 0 aliphatic heterocycles. The van der Waals surface area contributed by atoms with Gasteiger partial charge in [-0.1, -0.05) is 6.07 Å². The summed E-state index contributed by atoms with van der Waals surface area (Å²) >= 11 is 0. The van der Waals surface area contributed by atoms with Crippen molar-refractivity contribution in [2.24, 2.45) is 5.92 Å². The van der Waals surface area contributed by atoms with E-state index >= 15 is 0 Å². The molecule has 1 unspecified atom stereocenters. The van der Waals surface area contributed by atoms with Crippen molar-refractivity contribution in [1.82, 2.24) is 5.32 Å². The van der Waals surface area contributed by atoms with Crippen molar-refractivity contribution in [2.75, 3.05) is 11.9 Å². The van der Waals surface area contributed by atoms with E-state index in [2.05, 4.69) is 17.6 Å². The molecule has 0 spiro atoms. The van der Waals surface area contributed by atoms with E-state index in [1.165, 1.54) is 12.8 Å². The van der Waals surface area contributed by atoms with Crippen LogP contribution in [-0.2, 0) is 0 Å². The van der Waals surface area contributed by atoms with Crippen LogP contribution >= 0.6 is 0 Å². The number of nitrogens with one attached hydrogen (secondary N) is 2. The van der Waals surface area contributed by atoms with Gasteiger partial charge in [-0.3, -0.25) is 4.79 Å². The van der Waals surface area contributed by atoms with Crippen LogP contribution in [0.3, 0.4) is 0 Å². The van der Waals surface area contributed by atoms with Gasteiger partial charge in [0.2, 0.25) is 0 Å². The van der Waals surface area contributed by atoms with Crippen molar-refractivity contribution in [2.45, 2.75) is 32.7 Å². The van der Waals surface area contributed by atoms with Gasteiger partial charge in [0.15, 0.2) is 0 Å². The smallest absolute Gasteiger partial charge is 0.251 e. The minimum Gasteiger partial charge on any atom is -0.382 e. The predicted molar refractivity (Wildman–Crippen MR) is 70.3 cm³/mol. The Morgan fingerprint density at radius 3 is 2.88 bits per heavy atom. The third-order valence-electron chi connectivity index (χ3n) is 3.19. The highest BCUT2D eigenvalue weighted by molar-refractivity contribution is 5.95. The van der Waals surface area contributed by atoms with E-state index in [0.717, 1.165) is 17.2 Å². The number of amides is 1. The highest BCUT2D eigenvalue weighted by atomic mass is 16.1. The predicted octanol–water partition coefficient (Wildman–Crippen LogP) is 2.65. The van der Waals surface area contributed by atoms with Crippen LogP contribution in [0, 0.1) is 5.92 Å². The Morgan fingerprint density at radius 2 is 2.24 bits per heavy atom. The number of rotatable bonds is 5. The molecular formula is C14H20N2O. The molecule has 0 saturated heterocycles. The second kappa shape index (κ2) is 5.21. The number of anilines is 1. The maximum atomic E-state index is 11.7. The van der Waals surface area contributed by atoms with E-state index in [9.17, 15) is 4.79 Å². The zero-order valence-corrected chi connectivity index (χ0v) is 10.5. The lowest BCUT2D eigenvalue weighted by atomic mass is 10.1. The molecule has 1 aliphatic rings. The summed E-state index contributed by atoms with van der Waals surface area (Å²) in [4.78, 5) is 11.7. The van der Waals surface area contributed by atoms with E-state index in [1.54, 1.807) is 0 Å². The monoisotopic (exact) mass is 232 g/mol. The van der Waals surface area contributed by atoms with Gasteiger partial charge in [-0.2, -0.15) is 0 Å². The van der Waals surface area contributed by atoms with Crippen LogP contribution in [0.15, 0.2) is 24.3 Å². The SMILES string of the molecule is CCNC(=O)c1cccc(NC(C)C2CC2)c1. The quantitative estimate of drug-likeness (QED) is 0.819. The van der Waals surface area contributed by atoms with Gasteiger partial charge in [0.25, 0.3) is 5.91 Å².